The average Bonchev–Trinajstić information content (AvgIpc) is 2.74. The Morgan fingerprint density at radius 2 is 1.89 bits per heavy atom. The van der Waals surface area contributed by atoms with E-state index in [1.807, 2.05) is 11.8 Å². The van der Waals surface area contributed by atoms with Gasteiger partial charge in [-0.05, 0) is 25.0 Å². The molecule has 1 aromatic carbocycles. The smallest absolute Gasteiger partial charge is 0.239 e. The number of carbonyl (C=O) groups excluding carboxylic acids is 1. The molecule has 0 radical (unpaired) electrons. The zero-order valence-electron chi connectivity index (χ0n) is 16.1. The summed E-state index contributed by atoms with van der Waals surface area (Å²) < 4.78 is 5.56. The van der Waals surface area contributed by atoms with Gasteiger partial charge in [0, 0.05) is 42.4 Å². The van der Waals surface area contributed by atoms with E-state index in [2.05, 4.69) is 39.4 Å². The maximum absolute atomic E-state index is 12.8. The Morgan fingerprint density at radius 3 is 2.70 bits per heavy atom. The highest BCUT2D eigenvalue weighted by Crippen LogP contribution is 2.35. The van der Waals surface area contributed by atoms with Crippen molar-refractivity contribution in [3.63, 3.8) is 0 Å². The fraction of sp³-hybridized carbons (Fsp3) is 0.667. The Bertz CT molecular complexity index is 642. The molecule has 3 aliphatic rings. The van der Waals surface area contributed by atoms with E-state index in [0.29, 0.717) is 6.54 Å². The molecule has 2 heterocycles. The van der Waals surface area contributed by atoms with Crippen molar-refractivity contribution in [1.82, 2.24) is 10.2 Å². The van der Waals surface area contributed by atoms with Gasteiger partial charge in [-0.15, -0.1) is 11.8 Å². The highest BCUT2D eigenvalue weighted by Gasteiger charge is 2.38. The van der Waals surface area contributed by atoms with Gasteiger partial charge in [0.1, 0.15) is 0 Å². The third-order valence-electron chi connectivity index (χ3n) is 6.24. The van der Waals surface area contributed by atoms with Gasteiger partial charge in [-0.25, -0.2) is 0 Å². The number of nitrogens with zero attached hydrogens (tertiary/aromatic N) is 2. The lowest BCUT2D eigenvalue weighted by Crippen LogP contribution is -2.60. The number of fused-ring (bicyclic) bond motifs is 1. The first-order valence-corrected chi connectivity index (χ1v) is 11.3. The first-order chi connectivity index (χ1) is 13.3. The molecular formula is C21H31N3O2S. The molecule has 1 saturated carbocycles. The number of hydrogen-bond acceptors (Lipinski definition) is 5. The first-order valence-electron chi connectivity index (χ1n) is 10.3. The molecule has 1 aromatic rings. The van der Waals surface area contributed by atoms with E-state index >= 15 is 0 Å². The molecule has 1 amide bonds. The number of hydrogen-bond donors (Lipinski definition) is 1. The van der Waals surface area contributed by atoms with Crippen molar-refractivity contribution in [2.24, 2.45) is 0 Å². The van der Waals surface area contributed by atoms with Crippen LogP contribution in [-0.2, 0) is 9.53 Å². The fourth-order valence-corrected chi connectivity index (χ4v) is 5.79. The molecule has 5 nitrogen and oxygen atoms in total. The van der Waals surface area contributed by atoms with Crippen LogP contribution in [0.25, 0.3) is 0 Å². The molecule has 6 heteroatoms. The third-order valence-corrected chi connectivity index (χ3v) is 7.28. The predicted octanol–water partition coefficient (Wildman–Crippen LogP) is 2.75. The van der Waals surface area contributed by atoms with E-state index in [1.54, 1.807) is 0 Å². The molecule has 0 spiro atoms. The van der Waals surface area contributed by atoms with Gasteiger partial charge in [0.05, 0.1) is 25.4 Å². The van der Waals surface area contributed by atoms with E-state index in [9.17, 15) is 4.79 Å². The number of rotatable bonds is 5. The van der Waals surface area contributed by atoms with Crippen LogP contribution in [0, 0.1) is 0 Å². The second-order valence-electron chi connectivity index (χ2n) is 7.90. The Balaban J connectivity index is 1.37. The second-order valence-corrected chi connectivity index (χ2v) is 9.04. The Hall–Kier alpha value is -1.24. The van der Waals surface area contributed by atoms with Crippen LogP contribution in [-0.4, -0.2) is 68.0 Å². The van der Waals surface area contributed by atoms with Gasteiger partial charge in [0.2, 0.25) is 5.91 Å². The molecule has 4 rings (SSSR count). The Morgan fingerprint density at radius 1 is 1.11 bits per heavy atom. The SMILES string of the molecule is O=C(CN1CCSc2ccccc21)NCC1(N2CCOCC2)CCCCC1. The molecule has 1 aliphatic carbocycles. The van der Waals surface area contributed by atoms with E-state index < -0.39 is 0 Å². The zero-order valence-corrected chi connectivity index (χ0v) is 16.9. The highest BCUT2D eigenvalue weighted by atomic mass is 32.2. The minimum Gasteiger partial charge on any atom is -0.379 e. The zero-order chi connectivity index (χ0) is 18.5. The Labute approximate surface area is 166 Å². The minimum absolute atomic E-state index is 0.132. The van der Waals surface area contributed by atoms with Crippen molar-refractivity contribution in [2.45, 2.75) is 42.5 Å². The predicted molar refractivity (Wildman–Crippen MR) is 111 cm³/mol. The number of nitrogens with one attached hydrogen (secondary N) is 1. The maximum Gasteiger partial charge on any atom is 0.239 e. The van der Waals surface area contributed by atoms with Crippen molar-refractivity contribution in [1.29, 1.82) is 0 Å². The second kappa shape index (κ2) is 8.84. The lowest BCUT2D eigenvalue weighted by atomic mass is 9.79. The molecule has 1 saturated heterocycles. The molecule has 0 aromatic heterocycles. The number of amides is 1. The summed E-state index contributed by atoms with van der Waals surface area (Å²) in [5.41, 5.74) is 1.33. The van der Waals surface area contributed by atoms with Crippen LogP contribution in [0.4, 0.5) is 5.69 Å². The molecule has 0 atom stereocenters. The first kappa shape index (κ1) is 19.1. The third kappa shape index (κ3) is 4.44. The molecule has 0 unspecified atom stereocenters. The maximum atomic E-state index is 12.8. The summed E-state index contributed by atoms with van der Waals surface area (Å²) >= 11 is 1.88. The van der Waals surface area contributed by atoms with Crippen LogP contribution in [0.2, 0.25) is 0 Å². The minimum atomic E-state index is 0.132. The van der Waals surface area contributed by atoms with Gasteiger partial charge in [-0.3, -0.25) is 9.69 Å². The van der Waals surface area contributed by atoms with Gasteiger partial charge >= 0.3 is 0 Å². The van der Waals surface area contributed by atoms with Gasteiger partial charge in [-0.1, -0.05) is 31.4 Å². The van der Waals surface area contributed by atoms with Crippen LogP contribution >= 0.6 is 11.8 Å². The van der Waals surface area contributed by atoms with Crippen molar-refractivity contribution >= 4 is 23.4 Å². The van der Waals surface area contributed by atoms with Crippen LogP contribution < -0.4 is 10.2 Å². The Kier molecular flexibility index (Phi) is 6.25. The van der Waals surface area contributed by atoms with Crippen molar-refractivity contribution < 1.29 is 9.53 Å². The van der Waals surface area contributed by atoms with Gasteiger partial charge < -0.3 is 15.0 Å². The van der Waals surface area contributed by atoms with E-state index in [1.165, 1.54) is 42.7 Å². The molecule has 2 fully saturated rings. The number of para-hydroxylation sites is 1. The van der Waals surface area contributed by atoms with Crippen LogP contribution in [0.5, 0.6) is 0 Å². The topological polar surface area (TPSA) is 44.8 Å². The summed E-state index contributed by atoms with van der Waals surface area (Å²) in [7, 11) is 0. The summed E-state index contributed by atoms with van der Waals surface area (Å²) in [4.78, 5) is 18.9. The molecule has 1 N–H and O–H groups in total. The van der Waals surface area contributed by atoms with Crippen LogP contribution in [0.15, 0.2) is 29.2 Å². The quantitative estimate of drug-likeness (QED) is 0.839. The number of ether oxygens (including phenoxy) is 1. The highest BCUT2D eigenvalue weighted by molar-refractivity contribution is 7.99. The molecule has 148 valence electrons. The number of anilines is 1. The number of benzene rings is 1. The summed E-state index contributed by atoms with van der Waals surface area (Å²) in [5, 5.41) is 3.30. The summed E-state index contributed by atoms with van der Waals surface area (Å²) in [6.07, 6.45) is 6.24. The van der Waals surface area contributed by atoms with Crippen molar-refractivity contribution in [3.05, 3.63) is 24.3 Å². The van der Waals surface area contributed by atoms with Gasteiger partial charge in [-0.2, -0.15) is 0 Å². The summed E-state index contributed by atoms with van der Waals surface area (Å²) in [6, 6.07) is 8.42. The van der Waals surface area contributed by atoms with Gasteiger partial charge in [0.15, 0.2) is 0 Å². The fourth-order valence-electron chi connectivity index (χ4n) is 4.74. The number of morpholine rings is 1. The lowest BCUT2D eigenvalue weighted by molar-refractivity contribution is -0.121. The van der Waals surface area contributed by atoms with Crippen LogP contribution in [0.3, 0.4) is 0 Å². The largest absolute Gasteiger partial charge is 0.379 e. The van der Waals surface area contributed by atoms with Crippen molar-refractivity contribution in [2.75, 3.05) is 56.6 Å². The van der Waals surface area contributed by atoms with E-state index in [-0.39, 0.29) is 11.4 Å². The monoisotopic (exact) mass is 389 g/mol. The van der Waals surface area contributed by atoms with E-state index in [4.69, 9.17) is 4.74 Å². The van der Waals surface area contributed by atoms with Crippen LogP contribution in [0.1, 0.15) is 32.1 Å². The lowest BCUT2D eigenvalue weighted by Gasteiger charge is -2.48. The molecular weight excluding hydrogens is 358 g/mol. The summed E-state index contributed by atoms with van der Waals surface area (Å²) in [5.74, 6) is 1.19. The van der Waals surface area contributed by atoms with Gasteiger partial charge in [0.25, 0.3) is 0 Å². The molecule has 27 heavy (non-hydrogen) atoms. The average molecular weight is 390 g/mol. The molecule has 2 aliphatic heterocycles. The standard InChI is InChI=1S/C21H31N3O2S/c25-20(16-23-12-15-27-19-7-3-2-6-18(19)23)22-17-21(8-4-1-5-9-21)24-10-13-26-14-11-24/h2-3,6-7H,1,4-5,8-17H2,(H,22,25). The normalized spacial score (nSPS) is 22.9. The summed E-state index contributed by atoms with van der Waals surface area (Å²) in [6.45, 7) is 5.78. The van der Waals surface area contributed by atoms with Crippen molar-refractivity contribution in [3.8, 4) is 0 Å². The number of thioether (sulfide) groups is 1. The number of carbonyl (C=O) groups is 1. The molecule has 0 bridgehead atoms. The van der Waals surface area contributed by atoms with E-state index in [0.717, 1.165) is 45.1 Å².